The molecule has 10 heterocycles. The lowest BCUT2D eigenvalue weighted by molar-refractivity contribution is -0.386. The number of aromatic amines is 2. The number of carbonyl (C=O) groups excluding carboxylic acids is 2. The Morgan fingerprint density at radius 2 is 0.924 bits per heavy atom. The number of H-pyrrole nitrogens is 2. The number of nitrogens with zero attached hydrogens (tertiary/aromatic N) is 10. The molecule has 4 N–H and O–H groups in total. The summed E-state index contributed by atoms with van der Waals surface area (Å²) in [7, 11) is -13.9. The van der Waals surface area contributed by atoms with Crippen LogP contribution < -0.4 is 38.2 Å². The molecule has 18 rings (SSSR count). The molecule has 0 bridgehead atoms. The summed E-state index contributed by atoms with van der Waals surface area (Å²) < 4.78 is 120. The predicted octanol–water partition coefficient (Wildman–Crippen LogP) is 17.7. The summed E-state index contributed by atoms with van der Waals surface area (Å²) in [6.07, 6.45) is 17.7. The SMILES string of the molecule is CC1(C)CCC(CN2CCN(c3ccc(C(=O)NS(=O)(=O)c4cc5c(c([N+](=O)[O-])c4)C[C@@H](CN=S4(=O)CCCC4)CO5)c(Oc4cnc5[nH]ccc5c4)c3)CC2)=C(c2ccc(Cl)cc2)C1.CC1(C)CCC(CN2CCN(c3ccc(C(=O)NS(=O)(=O)c4cc5c(c([N+](=O)[O-])c4)C[C@@H](CN=S4(=O)CCCCC4)CO5)c(Oc4cnc5[nH]ccc5c4)c3)CC2)=C(c2ccc(Cl)cc2)C1. The largest absolute Gasteiger partial charge is 0.493 e. The van der Waals surface area contributed by atoms with Crippen molar-refractivity contribution >= 4 is 130 Å². The number of amides is 2. The van der Waals surface area contributed by atoms with Crippen LogP contribution >= 0.6 is 23.2 Å². The number of benzene rings is 6. The Morgan fingerprint density at radius 1 is 0.534 bits per heavy atom. The molecular weight excluding hydrogens is 1790 g/mol. The van der Waals surface area contributed by atoms with Gasteiger partial charge in [-0.05, 0) is 183 Å². The van der Waals surface area contributed by atoms with Crippen molar-refractivity contribution in [1.29, 1.82) is 0 Å². The molecule has 4 saturated heterocycles. The molecule has 36 heteroatoms. The molecule has 0 unspecified atom stereocenters. The fraction of sp³-hybridized carbons (Fsp3) is 0.411. The molecule has 690 valence electrons. The zero-order valence-corrected chi connectivity index (χ0v) is 78.3. The van der Waals surface area contributed by atoms with Crippen molar-refractivity contribution in [3.63, 3.8) is 0 Å². The van der Waals surface area contributed by atoms with E-state index in [2.05, 4.69) is 110 Å². The average Bonchev–Trinajstić information content (AvgIpc) is 1.05. The zero-order valence-electron chi connectivity index (χ0n) is 73.5. The maximum atomic E-state index is 14.1. The van der Waals surface area contributed by atoms with Gasteiger partial charge in [0.2, 0.25) is 0 Å². The number of carbonyl (C=O) groups is 2. The van der Waals surface area contributed by atoms with Crippen LogP contribution in [0.1, 0.15) is 141 Å². The first-order chi connectivity index (χ1) is 62.7. The summed E-state index contributed by atoms with van der Waals surface area (Å²) in [5.41, 5.74) is 10.9. The van der Waals surface area contributed by atoms with Gasteiger partial charge in [0.1, 0.15) is 45.8 Å². The molecule has 131 heavy (non-hydrogen) atoms. The highest BCUT2D eigenvalue weighted by Crippen LogP contribution is 2.48. The van der Waals surface area contributed by atoms with E-state index >= 15 is 0 Å². The number of halogens is 2. The normalized spacial score (nSPS) is 19.7. The lowest BCUT2D eigenvalue weighted by Crippen LogP contribution is -2.47. The van der Waals surface area contributed by atoms with Gasteiger partial charge >= 0.3 is 0 Å². The number of pyridine rings is 2. The number of rotatable bonds is 24. The molecule has 30 nitrogen and oxygen atoms in total. The number of nitro groups is 2. The van der Waals surface area contributed by atoms with Crippen LogP contribution in [0, 0.1) is 42.9 Å². The summed E-state index contributed by atoms with van der Waals surface area (Å²) >= 11 is 12.5. The van der Waals surface area contributed by atoms with Gasteiger partial charge < -0.3 is 38.7 Å². The standard InChI is InChI=1S/C48H54ClN7O8S2.C47H52ClN7O8S2/c1-48(2)14-12-35(42(27-48)33-6-8-36(49)9-7-33)30-54-16-18-55(19-17-54)37-10-11-40(45(24-37)64-38-23-34-13-15-50-46(34)51-29-38)47(57)53-66(61,62)39-25-43(56(58)59)41-22-32(31-63-44(41)26-39)28-52-65(60)20-4-3-5-21-65;1-47(2)13-11-34(41(26-47)32-5-7-35(48)8-6-32)29-53-15-17-54(18-16-53)36-9-10-39(44(23-36)63-37-22-33-12-14-49-45(33)50-28-37)46(56)52-65(60,61)38-24-42(55(57)58)40-21-31(30-62-43(40)25-38)27-51-64(59)19-3-4-20-64/h6-11,13,15,23-26,29,32H,3-5,12,14,16-22,27-28,30-31H2,1-2H3,(H,50,51)(H,53,57);5-10,12,14,22-25,28,31H,3-4,11,13,15-21,26-27,29-30H2,1-2H3,(H,49,50)(H,52,56)/t32-;31-/m00/s1. The summed E-state index contributed by atoms with van der Waals surface area (Å²) in [6.45, 7) is 17.8. The summed E-state index contributed by atoms with van der Waals surface area (Å²) in [5, 5.41) is 27.7. The van der Waals surface area contributed by atoms with Crippen molar-refractivity contribution in [2.24, 2.45) is 31.4 Å². The van der Waals surface area contributed by atoms with E-state index in [-0.39, 0.29) is 107 Å². The van der Waals surface area contributed by atoms with Crippen molar-refractivity contribution < 1.29 is 63.6 Å². The van der Waals surface area contributed by atoms with E-state index < -0.39 is 82.3 Å². The van der Waals surface area contributed by atoms with Crippen LogP contribution in [-0.4, -0.2) is 191 Å². The van der Waals surface area contributed by atoms with E-state index in [0.717, 1.165) is 154 Å². The highest BCUT2D eigenvalue weighted by molar-refractivity contribution is 7.94. The minimum Gasteiger partial charge on any atom is -0.493 e. The molecule has 2 atom stereocenters. The van der Waals surface area contributed by atoms with Crippen LogP contribution in [-0.2, 0) is 52.3 Å². The van der Waals surface area contributed by atoms with Gasteiger partial charge in [0.05, 0.1) is 80.6 Å². The number of nitrogens with one attached hydrogen (secondary N) is 4. The van der Waals surface area contributed by atoms with Gasteiger partial charge in [-0.2, -0.15) is 0 Å². The molecule has 6 aromatic carbocycles. The number of aromatic nitrogens is 4. The summed E-state index contributed by atoms with van der Waals surface area (Å²) in [4.78, 5) is 74.9. The summed E-state index contributed by atoms with van der Waals surface area (Å²) in [6, 6.07) is 37.9. The first kappa shape index (κ1) is 91.9. The average molecular weight is 1900 g/mol. The minimum atomic E-state index is -4.67. The Bertz CT molecular complexity index is 6660. The van der Waals surface area contributed by atoms with Gasteiger partial charge in [0, 0.05) is 201 Å². The van der Waals surface area contributed by atoms with Crippen LogP contribution in [0.5, 0.6) is 34.5 Å². The molecule has 10 aromatic rings. The van der Waals surface area contributed by atoms with Gasteiger partial charge in [-0.15, -0.1) is 0 Å². The fourth-order valence-corrected chi connectivity index (χ4v) is 25.5. The number of piperazine rings is 2. The molecule has 0 spiro atoms. The van der Waals surface area contributed by atoms with Gasteiger partial charge in [-0.1, -0.05) is 92.7 Å². The van der Waals surface area contributed by atoms with Gasteiger partial charge in [0.25, 0.3) is 43.2 Å². The van der Waals surface area contributed by atoms with Crippen LogP contribution in [0.2, 0.25) is 10.0 Å². The van der Waals surface area contributed by atoms with Crippen molar-refractivity contribution in [1.82, 2.24) is 39.2 Å². The number of ether oxygens (including phenoxy) is 4. The van der Waals surface area contributed by atoms with E-state index in [0.29, 0.717) is 72.0 Å². The van der Waals surface area contributed by atoms with Gasteiger partial charge in [-0.25, -0.2) is 53.4 Å². The number of nitro benzene ring substituents is 2. The lowest BCUT2D eigenvalue weighted by Gasteiger charge is -2.39. The number of allylic oxidation sites excluding steroid dienone is 2. The Labute approximate surface area is 772 Å². The Balaban J connectivity index is 0.000000183. The van der Waals surface area contributed by atoms with Gasteiger partial charge in [0.15, 0.2) is 0 Å². The van der Waals surface area contributed by atoms with Gasteiger partial charge in [-0.3, -0.25) is 39.6 Å². The molecule has 0 saturated carbocycles. The number of hydrogen-bond donors (Lipinski definition) is 4. The van der Waals surface area contributed by atoms with E-state index in [4.69, 9.17) is 42.1 Å². The first-order valence-corrected chi connectivity index (χ1v) is 51.9. The quantitative estimate of drug-likeness (QED) is 0.0322. The monoisotopic (exact) mass is 1900 g/mol. The van der Waals surface area contributed by atoms with Crippen LogP contribution in [0.4, 0.5) is 22.7 Å². The van der Waals surface area contributed by atoms with Crippen molar-refractivity contribution in [3.05, 3.63) is 233 Å². The molecular formula is C95H106Cl2N14O16S4. The van der Waals surface area contributed by atoms with E-state index in [9.17, 15) is 55.1 Å². The Hall–Kier alpha value is -11.0. The Kier molecular flexibility index (Phi) is 26.9. The van der Waals surface area contributed by atoms with Crippen LogP contribution in [0.25, 0.3) is 33.2 Å². The highest BCUT2D eigenvalue weighted by atomic mass is 35.5. The third kappa shape index (κ3) is 21.7. The lowest BCUT2D eigenvalue weighted by atomic mass is 9.72. The first-order valence-electron chi connectivity index (χ1n) is 44.5. The van der Waals surface area contributed by atoms with E-state index in [1.807, 2.05) is 36.4 Å². The zero-order chi connectivity index (χ0) is 91.7. The molecule has 4 aromatic heterocycles. The Morgan fingerprint density at radius 3 is 1.31 bits per heavy atom. The second-order valence-corrected chi connectivity index (χ2v) is 46.3. The molecule has 6 aliphatic heterocycles. The highest BCUT2D eigenvalue weighted by Gasteiger charge is 2.38. The minimum absolute atomic E-state index is 0.0378. The topological polar surface area (TPSA) is 379 Å². The molecule has 2 aliphatic carbocycles. The molecule has 0 radical (unpaired) electrons. The molecule has 2 amide bonds. The van der Waals surface area contributed by atoms with E-state index in [1.54, 1.807) is 48.8 Å². The maximum absolute atomic E-state index is 14.1. The maximum Gasteiger partial charge on any atom is 0.277 e. The second-order valence-electron chi connectivity index (χ2n) is 36.9. The van der Waals surface area contributed by atoms with Crippen molar-refractivity contribution in [2.45, 2.75) is 121 Å². The fourth-order valence-electron chi connectivity index (χ4n) is 18.7. The number of sulfonamides is 2. The van der Waals surface area contributed by atoms with E-state index in [1.165, 1.54) is 70.1 Å². The number of anilines is 2. The van der Waals surface area contributed by atoms with Crippen molar-refractivity contribution in [2.75, 3.05) is 125 Å². The predicted molar refractivity (Wildman–Crippen MR) is 509 cm³/mol. The van der Waals surface area contributed by atoms with Crippen molar-refractivity contribution in [3.8, 4) is 34.5 Å². The van der Waals surface area contributed by atoms with Crippen LogP contribution in [0.15, 0.2) is 188 Å². The number of fused-ring (bicyclic) bond motifs is 4. The molecule has 8 aliphatic rings. The third-order valence-electron chi connectivity index (χ3n) is 26.1. The summed E-state index contributed by atoms with van der Waals surface area (Å²) in [5.74, 6) is 0.637. The number of hydrogen-bond acceptors (Lipinski definition) is 24. The second kappa shape index (κ2) is 38.3. The van der Waals surface area contributed by atoms with Crippen LogP contribution in [0.3, 0.4) is 0 Å². The molecule has 4 fully saturated rings. The smallest absolute Gasteiger partial charge is 0.277 e. The third-order valence-corrected chi connectivity index (χ3v) is 34.2.